The van der Waals surface area contributed by atoms with Gasteiger partial charge in [-0.15, -0.1) is 59.7 Å². The number of fused-ring (bicyclic) bond motifs is 6. The minimum Gasteiger partial charge on any atom is -0.500 e. The molecule has 1 radical (unpaired) electrons. The minimum absolute atomic E-state index is 0. The van der Waals surface area contributed by atoms with Gasteiger partial charge in [-0.1, -0.05) is 91.5 Å². The van der Waals surface area contributed by atoms with Crippen molar-refractivity contribution in [2.75, 3.05) is 0 Å². The second-order valence-electron chi connectivity index (χ2n) is 15.9. The maximum Gasteiger partial charge on any atom is 0.128 e. The van der Waals surface area contributed by atoms with Crippen LogP contribution in [0, 0.1) is 42.6 Å². The first-order valence-corrected chi connectivity index (χ1v) is 22.2. The van der Waals surface area contributed by atoms with Gasteiger partial charge in [0.2, 0.25) is 0 Å². The Morgan fingerprint density at radius 1 is 0.811 bits per heavy atom. The number of furan rings is 1. The van der Waals surface area contributed by atoms with E-state index in [0.29, 0.717) is 0 Å². The molecule has 0 spiro atoms. The molecule has 271 valence electrons. The Bertz CT molecular complexity index is 2340. The summed E-state index contributed by atoms with van der Waals surface area (Å²) in [4.78, 5) is 9.28. The van der Waals surface area contributed by atoms with Crippen molar-refractivity contribution in [3.05, 3.63) is 139 Å². The predicted molar refractivity (Wildman–Crippen MR) is 215 cm³/mol. The summed E-state index contributed by atoms with van der Waals surface area (Å²) in [7, 11) is -1.27. The number of rotatable bonds is 6. The van der Waals surface area contributed by atoms with Crippen molar-refractivity contribution in [3.63, 3.8) is 0 Å². The van der Waals surface area contributed by atoms with Gasteiger partial charge in [0.25, 0.3) is 0 Å². The van der Waals surface area contributed by atoms with E-state index in [-0.39, 0.29) is 25.9 Å². The number of pyridine rings is 2. The molecule has 3 heterocycles. The van der Waals surface area contributed by atoms with Crippen LogP contribution in [0.3, 0.4) is 0 Å². The Balaban J connectivity index is 0.000000205. The minimum atomic E-state index is -1.27. The Labute approximate surface area is 327 Å². The molecule has 7 aromatic rings. The van der Waals surface area contributed by atoms with Crippen LogP contribution in [0.1, 0.15) is 43.2 Å². The molecule has 3 aliphatic carbocycles. The van der Waals surface area contributed by atoms with Crippen LogP contribution in [0.5, 0.6) is 0 Å². The van der Waals surface area contributed by atoms with Crippen LogP contribution >= 0.6 is 0 Å². The van der Waals surface area contributed by atoms with Crippen LogP contribution in [-0.2, 0) is 26.5 Å². The van der Waals surface area contributed by atoms with E-state index >= 15 is 0 Å². The zero-order valence-electron chi connectivity index (χ0n) is 30.9. The second-order valence-corrected chi connectivity index (χ2v) is 20.9. The normalized spacial score (nSPS) is 18.0. The first-order chi connectivity index (χ1) is 25.2. The van der Waals surface area contributed by atoms with Crippen LogP contribution in [0.4, 0.5) is 4.39 Å². The van der Waals surface area contributed by atoms with Crippen molar-refractivity contribution in [2.24, 2.45) is 17.8 Å². The van der Waals surface area contributed by atoms with E-state index < -0.39 is 8.07 Å². The molecule has 53 heavy (non-hydrogen) atoms. The van der Waals surface area contributed by atoms with Gasteiger partial charge in [-0.25, -0.2) is 4.39 Å². The number of benzene rings is 4. The summed E-state index contributed by atoms with van der Waals surface area (Å²) >= 11 is 0. The van der Waals surface area contributed by atoms with E-state index in [1.807, 2.05) is 42.6 Å². The first kappa shape index (κ1) is 37.1. The molecule has 3 aromatic heterocycles. The van der Waals surface area contributed by atoms with Crippen molar-refractivity contribution in [1.82, 2.24) is 9.97 Å². The van der Waals surface area contributed by atoms with E-state index in [1.54, 1.807) is 12.1 Å². The summed E-state index contributed by atoms with van der Waals surface area (Å²) in [5.74, 6) is 2.45. The van der Waals surface area contributed by atoms with Gasteiger partial charge in [-0.05, 0) is 90.7 Å². The van der Waals surface area contributed by atoms with Crippen molar-refractivity contribution in [2.45, 2.75) is 65.1 Å². The maximum absolute atomic E-state index is 13.5. The Morgan fingerprint density at radius 3 is 2.30 bits per heavy atom. The summed E-state index contributed by atoms with van der Waals surface area (Å²) in [6.45, 7) is 9.24. The van der Waals surface area contributed by atoms with Gasteiger partial charge in [0, 0.05) is 43.4 Å². The summed E-state index contributed by atoms with van der Waals surface area (Å²) < 4.78 is 19.7. The summed E-state index contributed by atoms with van der Waals surface area (Å²) in [6, 6.07) is 38.0. The van der Waals surface area contributed by atoms with E-state index in [9.17, 15) is 4.39 Å². The molecule has 1 unspecified atom stereocenters. The van der Waals surface area contributed by atoms with Gasteiger partial charge in [0.15, 0.2) is 0 Å². The van der Waals surface area contributed by atoms with Crippen molar-refractivity contribution < 1.29 is 28.9 Å². The number of nitrogens with zero attached hydrogens (tertiary/aromatic N) is 2. The van der Waals surface area contributed by atoms with Crippen LogP contribution in [0.15, 0.2) is 114 Å². The van der Waals surface area contributed by atoms with E-state index in [1.165, 1.54) is 60.6 Å². The van der Waals surface area contributed by atoms with Gasteiger partial charge in [-0.3, -0.25) is 0 Å². The van der Waals surface area contributed by atoms with E-state index in [0.717, 1.165) is 79.8 Å². The predicted octanol–water partition coefficient (Wildman–Crippen LogP) is 12.0. The number of para-hydroxylation sites is 1. The van der Waals surface area contributed by atoms with Crippen molar-refractivity contribution in [1.29, 1.82) is 0 Å². The fraction of sp³-hybridized carbons (Fsp3) is 0.277. The molecule has 4 aromatic carbocycles. The molecular weight excluding hydrogens is 848 g/mol. The summed E-state index contributed by atoms with van der Waals surface area (Å²) in [5, 5.41) is 3.54. The number of aryl methyl sites for hydroxylation is 1. The molecule has 0 aliphatic heterocycles. The van der Waals surface area contributed by atoms with E-state index in [2.05, 4.69) is 86.3 Å². The summed E-state index contributed by atoms with van der Waals surface area (Å²) in [6.07, 6.45) is 12.3. The molecular formula is C47H45FIrN2OSi-2. The molecule has 0 saturated heterocycles. The second kappa shape index (κ2) is 15.6. The average molecular weight is 893 g/mol. The molecule has 3 nitrogen and oxygen atoms in total. The molecule has 3 saturated carbocycles. The molecule has 3 fully saturated rings. The fourth-order valence-corrected chi connectivity index (χ4v) is 10.3. The van der Waals surface area contributed by atoms with Gasteiger partial charge >= 0.3 is 0 Å². The standard InChI is InChI=1S/C32H27FNO.C15H18NSi.Ir/c33-26-11-8-23(9-12-26)27-2-1-3-28-29-19-24(10-13-31(29)35-32(27)28)30-18-21(14-15-34-30)17-25-16-20-4-6-22(25)7-5-20;1-12-10-14(13-8-6-5-7-9-13)16-11-15(12)17(2,3)4;/h1-3,8-9,11-15,18-20,22,25H,4-7,16-17H2;5-8,10-11H,1-4H3;/q2*-1;. The molecule has 3 aliphatic rings. The van der Waals surface area contributed by atoms with Gasteiger partial charge in [0.1, 0.15) is 11.4 Å². The van der Waals surface area contributed by atoms with E-state index in [4.69, 9.17) is 9.40 Å². The summed E-state index contributed by atoms with van der Waals surface area (Å²) in [5.41, 5.74) is 10.3. The van der Waals surface area contributed by atoms with Crippen LogP contribution in [-0.4, -0.2) is 18.0 Å². The topological polar surface area (TPSA) is 38.9 Å². The van der Waals surface area contributed by atoms with Crippen LogP contribution in [0.25, 0.3) is 55.6 Å². The fourth-order valence-electron chi connectivity index (χ4n) is 8.61. The molecule has 0 amide bonds. The number of aromatic nitrogens is 2. The van der Waals surface area contributed by atoms with Gasteiger partial charge in [-0.2, -0.15) is 0 Å². The number of hydrogen-bond acceptors (Lipinski definition) is 3. The molecule has 2 bridgehead atoms. The molecule has 0 N–H and O–H groups in total. The quantitative estimate of drug-likeness (QED) is 0.123. The third kappa shape index (κ3) is 8.01. The maximum atomic E-state index is 13.5. The zero-order valence-corrected chi connectivity index (χ0v) is 34.3. The van der Waals surface area contributed by atoms with Gasteiger partial charge in [0.05, 0.1) is 13.7 Å². The SMILES string of the molecule is Cc1cc(-c2[c-]cccc2)ncc1[Si](C)(C)C.Fc1ccc(-c2cccc3c2oc2c[c-]c(-c4cc(CC5CC6CCC5CC6)ccn4)cc23)cc1.[Ir]. The zero-order chi connectivity index (χ0) is 35.8. The third-order valence-electron chi connectivity index (χ3n) is 11.3. The number of halogens is 1. The molecule has 6 heteroatoms. The molecule has 1 atom stereocenters. The smallest absolute Gasteiger partial charge is 0.128 e. The van der Waals surface area contributed by atoms with Crippen molar-refractivity contribution in [3.8, 4) is 33.6 Å². The molecule has 10 rings (SSSR count). The van der Waals surface area contributed by atoms with Crippen LogP contribution in [0.2, 0.25) is 19.6 Å². The largest absolute Gasteiger partial charge is 0.500 e. The average Bonchev–Trinajstić information content (AvgIpc) is 3.54. The monoisotopic (exact) mass is 893 g/mol. The van der Waals surface area contributed by atoms with Gasteiger partial charge < -0.3 is 14.4 Å². The Kier molecular flexibility index (Phi) is 10.9. The van der Waals surface area contributed by atoms with Crippen LogP contribution < -0.4 is 5.19 Å². The van der Waals surface area contributed by atoms with Crippen molar-refractivity contribution >= 4 is 35.2 Å². The Hall–Kier alpha value is -4.22. The third-order valence-corrected chi connectivity index (χ3v) is 13.4. The number of hydrogen-bond donors (Lipinski definition) is 0. The first-order valence-electron chi connectivity index (χ1n) is 18.7. The Morgan fingerprint density at radius 2 is 1.60 bits per heavy atom.